The third-order valence-electron chi connectivity index (χ3n) is 2.46. The number of carbonyl (C=O) groups is 1. The van der Waals surface area contributed by atoms with E-state index in [9.17, 15) is 20.0 Å². The monoisotopic (exact) mass is 278 g/mol. The van der Waals surface area contributed by atoms with Crippen molar-refractivity contribution >= 4 is 11.7 Å². The normalized spacial score (nSPS) is 10.2. The lowest BCUT2D eigenvalue weighted by Crippen LogP contribution is -2.06. The third kappa shape index (κ3) is 2.41. The van der Waals surface area contributed by atoms with E-state index in [4.69, 9.17) is 4.74 Å². The van der Waals surface area contributed by atoms with E-state index in [0.717, 1.165) is 12.1 Å². The summed E-state index contributed by atoms with van der Waals surface area (Å²) in [5.74, 6) is -1.16. The van der Waals surface area contributed by atoms with Crippen LogP contribution in [-0.2, 0) is 4.74 Å². The van der Waals surface area contributed by atoms with E-state index in [1.54, 1.807) is 6.92 Å². The van der Waals surface area contributed by atoms with Crippen molar-refractivity contribution in [2.24, 2.45) is 0 Å². The molecule has 2 N–H and O–H groups in total. The number of aromatic hydroxyl groups is 1. The predicted molar refractivity (Wildman–Crippen MR) is 66.1 cm³/mol. The molecule has 0 fully saturated rings. The van der Waals surface area contributed by atoms with E-state index in [1.807, 2.05) is 0 Å². The largest absolute Gasteiger partial charge is 0.502 e. The summed E-state index contributed by atoms with van der Waals surface area (Å²) >= 11 is 0. The van der Waals surface area contributed by atoms with Gasteiger partial charge >= 0.3 is 11.7 Å². The number of phenols is 1. The number of hydrogen-bond donors (Lipinski definition) is 2. The number of esters is 1. The topological polar surface area (TPSA) is 131 Å². The van der Waals surface area contributed by atoms with Crippen LogP contribution in [0, 0.1) is 10.1 Å². The molecule has 20 heavy (non-hydrogen) atoms. The van der Waals surface area contributed by atoms with Crippen LogP contribution in [-0.4, -0.2) is 38.0 Å². The van der Waals surface area contributed by atoms with Crippen molar-refractivity contribution in [1.29, 1.82) is 0 Å². The smallest absolute Gasteiger partial charge is 0.361 e. The van der Waals surface area contributed by atoms with E-state index in [1.165, 1.54) is 6.07 Å². The molecule has 0 aliphatic heterocycles. The van der Waals surface area contributed by atoms with E-state index in [0.29, 0.717) is 0 Å². The number of ether oxygens (including phenoxy) is 1. The molecule has 0 aliphatic rings. The molecule has 0 spiro atoms. The zero-order valence-corrected chi connectivity index (χ0v) is 10.4. The number of rotatable bonds is 4. The van der Waals surface area contributed by atoms with Gasteiger partial charge in [0.05, 0.1) is 11.5 Å². The van der Waals surface area contributed by atoms with Crippen LogP contribution in [0.5, 0.6) is 5.75 Å². The van der Waals surface area contributed by atoms with Gasteiger partial charge in [0.1, 0.15) is 5.69 Å². The van der Waals surface area contributed by atoms with Gasteiger partial charge in [0, 0.05) is 11.6 Å². The Hall–Kier alpha value is -2.97. The molecule has 1 aromatic heterocycles. The second-order valence-corrected chi connectivity index (χ2v) is 3.70. The quantitative estimate of drug-likeness (QED) is 0.488. The van der Waals surface area contributed by atoms with Crippen molar-refractivity contribution in [2.45, 2.75) is 6.92 Å². The molecule has 0 atom stereocenters. The highest BCUT2D eigenvalue weighted by Crippen LogP contribution is 2.31. The first-order valence-corrected chi connectivity index (χ1v) is 5.60. The molecule has 0 amide bonds. The molecule has 0 saturated heterocycles. The first kappa shape index (κ1) is 13.5. The summed E-state index contributed by atoms with van der Waals surface area (Å²) in [4.78, 5) is 21.7. The van der Waals surface area contributed by atoms with Crippen molar-refractivity contribution in [3.05, 3.63) is 34.0 Å². The first-order valence-electron chi connectivity index (χ1n) is 5.60. The van der Waals surface area contributed by atoms with E-state index in [2.05, 4.69) is 15.4 Å². The third-order valence-corrected chi connectivity index (χ3v) is 2.46. The van der Waals surface area contributed by atoms with Crippen LogP contribution in [0.3, 0.4) is 0 Å². The minimum Gasteiger partial charge on any atom is -0.502 e. The predicted octanol–water partition coefficient (Wildman–Crippen LogP) is 1.26. The standard InChI is InChI=1S/C11H10N4O5/c1-2-20-11(17)10-9(12-14-13-10)6-3-4-8(16)7(5-6)15(18)19/h3-5,16H,2H2,1H3,(H,12,13,14). The van der Waals surface area contributed by atoms with Crippen molar-refractivity contribution < 1.29 is 19.6 Å². The fraction of sp³-hybridized carbons (Fsp3) is 0.182. The molecular weight excluding hydrogens is 268 g/mol. The maximum Gasteiger partial charge on any atom is 0.361 e. The highest BCUT2D eigenvalue weighted by atomic mass is 16.6. The van der Waals surface area contributed by atoms with Crippen LogP contribution in [0.4, 0.5) is 5.69 Å². The van der Waals surface area contributed by atoms with Crippen molar-refractivity contribution in [3.8, 4) is 17.0 Å². The SMILES string of the molecule is CCOC(=O)c1n[nH]nc1-c1ccc(O)c([N+](=O)[O-])c1. The Morgan fingerprint density at radius 2 is 2.25 bits per heavy atom. The summed E-state index contributed by atoms with van der Waals surface area (Å²) in [6.45, 7) is 1.81. The van der Waals surface area contributed by atoms with Crippen molar-refractivity contribution in [3.63, 3.8) is 0 Å². The van der Waals surface area contributed by atoms with Gasteiger partial charge in [-0.05, 0) is 19.1 Å². The zero-order valence-electron chi connectivity index (χ0n) is 10.4. The lowest BCUT2D eigenvalue weighted by molar-refractivity contribution is -0.385. The summed E-state index contributed by atoms with van der Waals surface area (Å²) in [6, 6.07) is 3.65. The summed E-state index contributed by atoms with van der Waals surface area (Å²) < 4.78 is 4.81. The summed E-state index contributed by atoms with van der Waals surface area (Å²) in [5.41, 5.74) is -0.176. The van der Waals surface area contributed by atoms with Crippen LogP contribution >= 0.6 is 0 Å². The molecule has 0 unspecified atom stereocenters. The molecule has 104 valence electrons. The van der Waals surface area contributed by atoms with Gasteiger partial charge < -0.3 is 9.84 Å². The van der Waals surface area contributed by atoms with Crippen molar-refractivity contribution in [2.75, 3.05) is 6.61 Å². The number of nitrogens with zero attached hydrogens (tertiary/aromatic N) is 3. The summed E-state index contributed by atoms with van der Waals surface area (Å²) in [5, 5.41) is 29.9. The molecule has 0 saturated carbocycles. The highest BCUT2D eigenvalue weighted by Gasteiger charge is 2.22. The molecule has 2 aromatic rings. The number of benzene rings is 1. The highest BCUT2D eigenvalue weighted by molar-refractivity contribution is 5.94. The van der Waals surface area contributed by atoms with E-state index in [-0.39, 0.29) is 23.6 Å². The first-order chi connectivity index (χ1) is 9.54. The maximum atomic E-state index is 11.7. The Balaban J connectivity index is 2.48. The van der Waals surface area contributed by atoms with E-state index >= 15 is 0 Å². The van der Waals surface area contributed by atoms with Crippen LogP contribution < -0.4 is 0 Å². The average Bonchev–Trinajstić information content (AvgIpc) is 2.88. The lowest BCUT2D eigenvalue weighted by atomic mass is 10.1. The number of nitro groups is 1. The minimum atomic E-state index is -0.733. The van der Waals surface area contributed by atoms with Crippen LogP contribution in [0.2, 0.25) is 0 Å². The molecule has 9 heteroatoms. The molecule has 0 bridgehead atoms. The Bertz CT molecular complexity index is 667. The Kier molecular flexibility index (Phi) is 3.60. The molecule has 0 radical (unpaired) electrons. The van der Waals surface area contributed by atoms with Gasteiger partial charge in [-0.25, -0.2) is 4.79 Å². The van der Waals surface area contributed by atoms with Crippen molar-refractivity contribution in [1.82, 2.24) is 15.4 Å². The van der Waals surface area contributed by atoms with Gasteiger partial charge in [-0.3, -0.25) is 10.1 Å². The molecule has 2 rings (SSSR count). The van der Waals surface area contributed by atoms with Gasteiger partial charge in [0.25, 0.3) is 0 Å². The second-order valence-electron chi connectivity index (χ2n) is 3.70. The van der Waals surface area contributed by atoms with Gasteiger partial charge in [0.2, 0.25) is 0 Å². The molecule has 9 nitrogen and oxygen atoms in total. The second kappa shape index (κ2) is 5.34. The minimum absolute atomic E-state index is 0.0770. The Labute approximate surface area is 112 Å². The number of hydrogen-bond acceptors (Lipinski definition) is 7. The maximum absolute atomic E-state index is 11.7. The van der Waals surface area contributed by atoms with Gasteiger partial charge in [-0.2, -0.15) is 10.3 Å². The summed E-state index contributed by atoms with van der Waals surface area (Å²) in [7, 11) is 0. The Morgan fingerprint density at radius 3 is 2.90 bits per heavy atom. The number of aromatic amines is 1. The fourth-order valence-electron chi connectivity index (χ4n) is 1.59. The number of aromatic nitrogens is 3. The number of phenolic OH excluding ortho intramolecular Hbond substituents is 1. The number of H-pyrrole nitrogens is 1. The Morgan fingerprint density at radius 1 is 1.50 bits per heavy atom. The number of nitrogens with one attached hydrogen (secondary N) is 1. The summed E-state index contributed by atoms with van der Waals surface area (Å²) in [6.07, 6.45) is 0. The van der Waals surface area contributed by atoms with Crippen LogP contribution in [0.1, 0.15) is 17.4 Å². The lowest BCUT2D eigenvalue weighted by Gasteiger charge is -2.02. The molecular formula is C11H10N4O5. The molecule has 1 aromatic carbocycles. The average molecular weight is 278 g/mol. The van der Waals surface area contributed by atoms with Gasteiger partial charge in [0.15, 0.2) is 11.4 Å². The number of nitro benzene ring substituents is 1. The molecule has 1 heterocycles. The van der Waals surface area contributed by atoms with Crippen LogP contribution in [0.15, 0.2) is 18.2 Å². The van der Waals surface area contributed by atoms with Crippen LogP contribution in [0.25, 0.3) is 11.3 Å². The van der Waals surface area contributed by atoms with E-state index < -0.39 is 22.3 Å². The fourth-order valence-corrected chi connectivity index (χ4v) is 1.59. The number of carbonyl (C=O) groups excluding carboxylic acids is 1. The van der Waals surface area contributed by atoms with Gasteiger partial charge in [-0.1, -0.05) is 0 Å². The van der Waals surface area contributed by atoms with Gasteiger partial charge in [-0.15, -0.1) is 5.10 Å². The zero-order chi connectivity index (χ0) is 14.7. The molecule has 0 aliphatic carbocycles.